The zero-order chi connectivity index (χ0) is 24.6. The van der Waals surface area contributed by atoms with E-state index in [1.165, 1.54) is 5.69 Å². The molecule has 0 unspecified atom stereocenters. The Labute approximate surface area is 207 Å². The summed E-state index contributed by atoms with van der Waals surface area (Å²) in [7, 11) is 0.315. The van der Waals surface area contributed by atoms with Gasteiger partial charge in [0.05, 0.1) is 10.6 Å². The molecule has 3 heterocycles. The molecule has 184 valence electrons. The third-order valence-corrected chi connectivity index (χ3v) is 8.57. The maximum Gasteiger partial charge on any atom is 0.243 e. The fourth-order valence-electron chi connectivity index (χ4n) is 4.80. The Morgan fingerprint density at radius 2 is 1.57 bits per heavy atom. The summed E-state index contributed by atoms with van der Waals surface area (Å²) < 4.78 is 28.3. The summed E-state index contributed by atoms with van der Waals surface area (Å²) in [6.07, 6.45) is 0.570. The van der Waals surface area contributed by atoms with Gasteiger partial charge in [-0.05, 0) is 36.8 Å². The van der Waals surface area contributed by atoms with Crippen LogP contribution in [0.3, 0.4) is 0 Å². The van der Waals surface area contributed by atoms with Gasteiger partial charge in [0.1, 0.15) is 5.82 Å². The minimum absolute atomic E-state index is 0.279. The predicted octanol–water partition coefficient (Wildman–Crippen LogP) is 2.92. The monoisotopic (exact) mass is 492 g/mol. The largest absolute Gasteiger partial charge is 0.368 e. The molecule has 9 heteroatoms. The molecule has 3 aromatic rings. The number of sulfonamides is 1. The van der Waals surface area contributed by atoms with Crippen molar-refractivity contribution in [2.24, 2.45) is 0 Å². The van der Waals surface area contributed by atoms with E-state index in [2.05, 4.69) is 34.1 Å². The van der Waals surface area contributed by atoms with Gasteiger partial charge < -0.3 is 14.7 Å². The molecule has 0 spiro atoms. The highest BCUT2D eigenvalue weighted by atomic mass is 32.2. The van der Waals surface area contributed by atoms with Crippen LogP contribution in [-0.2, 0) is 23.0 Å². The minimum atomic E-state index is -3.59. The van der Waals surface area contributed by atoms with Crippen LogP contribution < -0.4 is 14.7 Å². The number of piperazine rings is 1. The minimum Gasteiger partial charge on any atom is -0.368 e. The van der Waals surface area contributed by atoms with Crippen LogP contribution in [0.25, 0.3) is 0 Å². The SMILES string of the molecule is Cc1cccc(S(=O)(=O)N2CCc3nc(N4CCN(c5ccccc5)CC4)nc(N(C)C)c3C2)c1. The Bertz CT molecular complexity index is 1300. The highest BCUT2D eigenvalue weighted by Gasteiger charge is 2.32. The van der Waals surface area contributed by atoms with Gasteiger partial charge in [-0.2, -0.15) is 9.29 Å². The Kier molecular flexibility index (Phi) is 6.37. The van der Waals surface area contributed by atoms with Crippen molar-refractivity contribution in [3.63, 3.8) is 0 Å². The first-order valence-electron chi connectivity index (χ1n) is 12.0. The fourth-order valence-corrected chi connectivity index (χ4v) is 6.32. The summed E-state index contributed by atoms with van der Waals surface area (Å²) in [4.78, 5) is 16.8. The number of nitrogens with zero attached hydrogens (tertiary/aromatic N) is 6. The normalized spacial score (nSPS) is 16.8. The predicted molar refractivity (Wildman–Crippen MR) is 140 cm³/mol. The second-order valence-electron chi connectivity index (χ2n) is 9.38. The number of fused-ring (bicyclic) bond motifs is 1. The molecule has 0 amide bonds. The van der Waals surface area contributed by atoms with E-state index in [-0.39, 0.29) is 6.54 Å². The maximum atomic E-state index is 13.4. The maximum absolute atomic E-state index is 13.4. The van der Waals surface area contributed by atoms with E-state index in [0.29, 0.717) is 17.9 Å². The van der Waals surface area contributed by atoms with Crippen LogP contribution in [0.2, 0.25) is 0 Å². The van der Waals surface area contributed by atoms with Gasteiger partial charge in [0.2, 0.25) is 16.0 Å². The molecule has 5 rings (SSSR count). The third kappa shape index (κ3) is 4.70. The number of hydrogen-bond donors (Lipinski definition) is 0. The Morgan fingerprint density at radius 3 is 2.26 bits per heavy atom. The van der Waals surface area contributed by atoms with Crippen LogP contribution in [0.15, 0.2) is 59.5 Å². The van der Waals surface area contributed by atoms with Crippen LogP contribution in [0.5, 0.6) is 0 Å². The van der Waals surface area contributed by atoms with Crippen molar-refractivity contribution in [3.05, 3.63) is 71.4 Å². The van der Waals surface area contributed by atoms with E-state index >= 15 is 0 Å². The Morgan fingerprint density at radius 1 is 0.857 bits per heavy atom. The summed E-state index contributed by atoms with van der Waals surface area (Å²) in [6.45, 7) is 6.09. The van der Waals surface area contributed by atoms with E-state index in [0.717, 1.165) is 54.8 Å². The molecule has 8 nitrogen and oxygen atoms in total. The lowest BCUT2D eigenvalue weighted by molar-refractivity contribution is 0.387. The van der Waals surface area contributed by atoms with E-state index < -0.39 is 10.0 Å². The second kappa shape index (κ2) is 9.47. The molecule has 1 saturated heterocycles. The average Bonchev–Trinajstić information content (AvgIpc) is 2.88. The summed E-state index contributed by atoms with van der Waals surface area (Å²) in [6, 6.07) is 17.6. The zero-order valence-electron chi connectivity index (χ0n) is 20.6. The van der Waals surface area contributed by atoms with Crippen molar-refractivity contribution in [2.75, 3.05) is 61.5 Å². The van der Waals surface area contributed by atoms with Crippen molar-refractivity contribution >= 4 is 27.5 Å². The molecule has 2 aliphatic heterocycles. The highest BCUT2D eigenvalue weighted by molar-refractivity contribution is 7.89. The molecule has 0 bridgehead atoms. The molecule has 35 heavy (non-hydrogen) atoms. The van der Waals surface area contributed by atoms with Gasteiger partial charge in [0.25, 0.3) is 0 Å². The smallest absolute Gasteiger partial charge is 0.243 e. The Hall–Kier alpha value is -3.17. The standard InChI is InChI=1S/C26H32N6O2S/c1-20-8-7-11-22(18-20)35(33,34)32-13-12-24-23(19-32)25(29(2)3)28-26(27-24)31-16-14-30(15-17-31)21-9-5-4-6-10-21/h4-11,18H,12-17,19H2,1-3H3. The molecule has 2 aliphatic rings. The van der Waals surface area contributed by atoms with Crippen LogP contribution in [-0.4, -0.2) is 69.5 Å². The molecular weight excluding hydrogens is 460 g/mol. The lowest BCUT2D eigenvalue weighted by Gasteiger charge is -2.37. The highest BCUT2D eigenvalue weighted by Crippen LogP contribution is 2.31. The van der Waals surface area contributed by atoms with Crippen molar-refractivity contribution in [1.82, 2.24) is 14.3 Å². The summed E-state index contributed by atoms with van der Waals surface area (Å²) in [5, 5.41) is 0. The van der Waals surface area contributed by atoms with Gasteiger partial charge in [-0.15, -0.1) is 0 Å². The number of hydrogen-bond acceptors (Lipinski definition) is 7. The van der Waals surface area contributed by atoms with Crippen LogP contribution in [0.4, 0.5) is 17.5 Å². The molecule has 0 radical (unpaired) electrons. The number of aryl methyl sites for hydroxylation is 1. The van der Waals surface area contributed by atoms with E-state index in [4.69, 9.17) is 9.97 Å². The van der Waals surface area contributed by atoms with E-state index in [9.17, 15) is 8.42 Å². The van der Waals surface area contributed by atoms with Gasteiger partial charge in [0, 0.05) is 71.0 Å². The van der Waals surface area contributed by atoms with Gasteiger partial charge in [0.15, 0.2) is 0 Å². The number of anilines is 3. The van der Waals surface area contributed by atoms with Gasteiger partial charge in [-0.1, -0.05) is 30.3 Å². The Balaban J connectivity index is 1.38. The summed E-state index contributed by atoms with van der Waals surface area (Å²) in [5.41, 5.74) is 4.00. The first-order valence-corrected chi connectivity index (χ1v) is 13.5. The lowest BCUT2D eigenvalue weighted by atomic mass is 10.1. The van der Waals surface area contributed by atoms with Crippen LogP contribution in [0, 0.1) is 6.92 Å². The number of benzene rings is 2. The molecule has 0 aliphatic carbocycles. The van der Waals surface area contributed by atoms with Gasteiger partial charge in [-0.3, -0.25) is 0 Å². The van der Waals surface area contributed by atoms with E-state index in [1.54, 1.807) is 22.5 Å². The van der Waals surface area contributed by atoms with Crippen molar-refractivity contribution in [2.45, 2.75) is 24.8 Å². The van der Waals surface area contributed by atoms with Gasteiger partial charge in [-0.25, -0.2) is 13.4 Å². The lowest BCUT2D eigenvalue weighted by Crippen LogP contribution is -2.47. The third-order valence-electron chi connectivity index (χ3n) is 6.73. The summed E-state index contributed by atoms with van der Waals surface area (Å²) >= 11 is 0. The van der Waals surface area contributed by atoms with Crippen molar-refractivity contribution < 1.29 is 8.42 Å². The number of rotatable bonds is 5. The molecule has 0 atom stereocenters. The number of para-hydroxylation sites is 1. The molecule has 1 fully saturated rings. The summed E-state index contributed by atoms with van der Waals surface area (Å²) in [5.74, 6) is 1.52. The second-order valence-corrected chi connectivity index (χ2v) is 11.3. The van der Waals surface area contributed by atoms with Crippen molar-refractivity contribution in [1.29, 1.82) is 0 Å². The molecule has 2 aromatic carbocycles. The van der Waals surface area contributed by atoms with Crippen molar-refractivity contribution in [3.8, 4) is 0 Å². The average molecular weight is 493 g/mol. The zero-order valence-corrected chi connectivity index (χ0v) is 21.4. The first-order chi connectivity index (χ1) is 16.8. The number of aromatic nitrogens is 2. The molecule has 1 aromatic heterocycles. The molecule has 0 saturated carbocycles. The molecule has 0 N–H and O–H groups in total. The fraction of sp³-hybridized carbons (Fsp3) is 0.385. The topological polar surface area (TPSA) is 72.9 Å². The van der Waals surface area contributed by atoms with Crippen LogP contribution in [0.1, 0.15) is 16.8 Å². The first kappa shape index (κ1) is 23.6. The molecular formula is C26H32N6O2S. The van der Waals surface area contributed by atoms with E-state index in [1.807, 2.05) is 38.1 Å². The van der Waals surface area contributed by atoms with Gasteiger partial charge >= 0.3 is 0 Å². The van der Waals surface area contributed by atoms with Crippen LogP contribution >= 0.6 is 0 Å². The quantitative estimate of drug-likeness (QED) is 0.542.